The van der Waals surface area contributed by atoms with Crippen LogP contribution >= 0.6 is 0 Å². The first-order valence-electron chi connectivity index (χ1n) is 19.4. The van der Waals surface area contributed by atoms with Crippen molar-refractivity contribution in [2.75, 3.05) is 11.4 Å². The van der Waals surface area contributed by atoms with Crippen molar-refractivity contribution in [2.24, 2.45) is 0 Å². The van der Waals surface area contributed by atoms with E-state index in [9.17, 15) is 48.6 Å². The molecule has 0 aliphatic carbocycles. The molecule has 0 spiro atoms. The first-order chi connectivity index (χ1) is 28.2. The van der Waals surface area contributed by atoms with E-state index >= 15 is 0 Å². The van der Waals surface area contributed by atoms with Crippen LogP contribution in [0.25, 0.3) is 0 Å². The molecule has 2 aliphatic heterocycles. The zero-order valence-corrected chi connectivity index (χ0v) is 33.1. The summed E-state index contributed by atoms with van der Waals surface area (Å²) in [4.78, 5) is 107. The number of hydrogen-bond acceptors (Lipinski definition) is 9. The minimum absolute atomic E-state index is 0.00225. The fourth-order valence-corrected chi connectivity index (χ4v) is 7.55. The molecule has 0 fully saturated rings. The lowest BCUT2D eigenvalue weighted by Gasteiger charge is -2.40. The summed E-state index contributed by atoms with van der Waals surface area (Å²) in [5.74, 6) is -5.88. The Morgan fingerprint density at radius 2 is 1.59 bits per heavy atom. The Hall–Kier alpha value is -6.42. The van der Waals surface area contributed by atoms with E-state index in [1.165, 1.54) is 16.7 Å². The number of carboxylic acids is 2. The van der Waals surface area contributed by atoms with E-state index in [-0.39, 0.29) is 38.8 Å². The molecular weight excluding hydrogens is 762 g/mol. The maximum absolute atomic E-state index is 14.9. The second-order valence-electron chi connectivity index (χ2n) is 14.8. The number of carboxylic acid groups (broad SMARTS) is 2. The summed E-state index contributed by atoms with van der Waals surface area (Å²) in [5, 5.41) is 26.6. The van der Waals surface area contributed by atoms with Crippen LogP contribution < -0.4 is 20.9 Å². The monoisotopic (exact) mass is 811 g/mol. The Morgan fingerprint density at radius 3 is 2.27 bits per heavy atom. The normalized spacial score (nSPS) is 17.6. The standard InChI is InChI=1S/C43H49N5O11/c1-25-16-17-32-29(20-25)18-19-47(39(32)42(57)44-31(23-49)22-37(53)54)43(58)38(26(2)59-24-28-10-5-4-6-11-28)46-40(55)33(13-9-15-36(51)52)45-41(56)35-21-30-12-7-8-14-34(30)48(35)27(3)50/h4-8,10-12,14,16-17,20,23,26,31,33,35,38-39H,9,13,15,18-19,21-22,24H2,1-3H3,(H,44,57)(H,45,56)(H,46,55)(H,51,52)(H,53,54)/t26?,31?,33?,35-,38?,39-/m0/s1. The Balaban J connectivity index is 1.47. The molecule has 312 valence electrons. The van der Waals surface area contributed by atoms with Crippen molar-refractivity contribution in [3.63, 3.8) is 0 Å². The Bertz CT molecular complexity index is 2080. The van der Waals surface area contributed by atoms with Crippen LogP contribution in [0.3, 0.4) is 0 Å². The smallest absolute Gasteiger partial charge is 0.305 e. The fraction of sp³-hybridized carbons (Fsp3) is 0.395. The van der Waals surface area contributed by atoms with E-state index in [1.54, 1.807) is 55.5 Å². The van der Waals surface area contributed by atoms with Gasteiger partial charge in [0.1, 0.15) is 30.5 Å². The number of hydrogen-bond donors (Lipinski definition) is 5. The van der Waals surface area contributed by atoms with Crippen molar-refractivity contribution >= 4 is 53.4 Å². The molecule has 3 aromatic carbocycles. The summed E-state index contributed by atoms with van der Waals surface area (Å²) in [6, 6.07) is 14.8. The highest BCUT2D eigenvalue weighted by atomic mass is 16.5. The second kappa shape index (κ2) is 19.8. The van der Waals surface area contributed by atoms with Gasteiger partial charge in [-0.15, -0.1) is 0 Å². The first kappa shape index (κ1) is 43.7. The molecule has 5 amide bonds. The minimum atomic E-state index is -1.47. The van der Waals surface area contributed by atoms with Gasteiger partial charge in [-0.3, -0.25) is 38.5 Å². The van der Waals surface area contributed by atoms with Crippen LogP contribution in [0.5, 0.6) is 0 Å². The van der Waals surface area contributed by atoms with Crippen molar-refractivity contribution < 1.29 is 53.3 Å². The molecule has 4 unspecified atom stereocenters. The Kier molecular flexibility index (Phi) is 14.7. The molecular formula is C43H49N5O11. The third-order valence-corrected chi connectivity index (χ3v) is 10.5. The summed E-state index contributed by atoms with van der Waals surface area (Å²) in [5.41, 5.74) is 4.18. The number of nitrogens with one attached hydrogen (secondary N) is 3. The van der Waals surface area contributed by atoms with Gasteiger partial charge in [-0.05, 0) is 61.4 Å². The molecule has 5 rings (SSSR count). The lowest BCUT2D eigenvalue weighted by molar-refractivity contribution is -0.148. The molecule has 16 heteroatoms. The predicted molar refractivity (Wildman–Crippen MR) is 213 cm³/mol. The fourth-order valence-electron chi connectivity index (χ4n) is 7.55. The number of amides is 5. The van der Waals surface area contributed by atoms with Gasteiger partial charge in [0.2, 0.25) is 29.5 Å². The third-order valence-electron chi connectivity index (χ3n) is 10.5. The van der Waals surface area contributed by atoms with Crippen LogP contribution in [-0.2, 0) is 62.5 Å². The van der Waals surface area contributed by atoms with E-state index in [4.69, 9.17) is 4.74 Å². The minimum Gasteiger partial charge on any atom is -0.481 e. The van der Waals surface area contributed by atoms with Gasteiger partial charge in [-0.25, -0.2) is 0 Å². The van der Waals surface area contributed by atoms with Gasteiger partial charge in [-0.2, -0.15) is 0 Å². The highest BCUT2D eigenvalue weighted by molar-refractivity contribution is 6.03. The molecule has 2 aliphatic rings. The van der Waals surface area contributed by atoms with E-state index < -0.39 is 84.2 Å². The van der Waals surface area contributed by atoms with Crippen molar-refractivity contribution in [2.45, 2.75) is 102 Å². The maximum atomic E-state index is 14.9. The number of carbonyl (C=O) groups is 8. The molecule has 0 saturated carbocycles. The SMILES string of the molecule is CC(=O)N1c2ccccc2C[C@H]1C(=O)NC(CCCC(=O)O)C(=O)NC(C(=O)N1CCc2cc(C)ccc2[C@H]1C(=O)NC(C=O)CC(=O)O)C(C)OCc1ccccc1. The molecule has 6 atom stereocenters. The van der Waals surface area contributed by atoms with Crippen LogP contribution in [0.4, 0.5) is 5.69 Å². The zero-order valence-electron chi connectivity index (χ0n) is 33.1. The van der Waals surface area contributed by atoms with Crippen LogP contribution in [0.1, 0.15) is 73.4 Å². The van der Waals surface area contributed by atoms with Gasteiger partial charge in [0, 0.05) is 32.0 Å². The molecule has 16 nitrogen and oxygen atoms in total. The molecule has 59 heavy (non-hydrogen) atoms. The van der Waals surface area contributed by atoms with Crippen LogP contribution in [-0.4, -0.2) is 99.7 Å². The first-order valence-corrected chi connectivity index (χ1v) is 19.4. The van der Waals surface area contributed by atoms with Gasteiger partial charge in [0.05, 0.1) is 25.2 Å². The molecule has 5 N–H and O–H groups in total. The maximum Gasteiger partial charge on any atom is 0.305 e. The molecule has 0 aromatic heterocycles. The average Bonchev–Trinajstić information content (AvgIpc) is 3.61. The summed E-state index contributed by atoms with van der Waals surface area (Å²) in [6.45, 7) is 4.79. The van der Waals surface area contributed by atoms with Gasteiger partial charge in [-0.1, -0.05) is 72.3 Å². The lowest BCUT2D eigenvalue weighted by Crippen LogP contribution is -2.61. The zero-order chi connectivity index (χ0) is 42.8. The highest BCUT2D eigenvalue weighted by Crippen LogP contribution is 2.34. The van der Waals surface area contributed by atoms with Gasteiger partial charge >= 0.3 is 11.9 Å². The summed E-state index contributed by atoms with van der Waals surface area (Å²) in [7, 11) is 0. The van der Waals surface area contributed by atoms with E-state index in [1.807, 2.05) is 31.2 Å². The largest absolute Gasteiger partial charge is 0.481 e. The highest BCUT2D eigenvalue weighted by Gasteiger charge is 2.43. The van der Waals surface area contributed by atoms with Crippen LogP contribution in [0.2, 0.25) is 0 Å². The summed E-state index contributed by atoms with van der Waals surface area (Å²) in [6.07, 6.45) is -1.41. The summed E-state index contributed by atoms with van der Waals surface area (Å²) >= 11 is 0. The number of aliphatic carboxylic acids is 2. The van der Waals surface area contributed by atoms with Crippen molar-refractivity contribution in [1.82, 2.24) is 20.9 Å². The number of para-hydroxylation sites is 1. The average molecular weight is 812 g/mol. The topological polar surface area (TPSA) is 229 Å². The van der Waals surface area contributed by atoms with Gasteiger partial charge in [0.15, 0.2) is 0 Å². The number of aryl methyl sites for hydroxylation is 1. The van der Waals surface area contributed by atoms with Gasteiger partial charge < -0.3 is 40.6 Å². The van der Waals surface area contributed by atoms with Crippen molar-refractivity contribution in [3.8, 4) is 0 Å². The number of ether oxygens (including phenoxy) is 1. The van der Waals surface area contributed by atoms with E-state index in [0.717, 1.165) is 22.3 Å². The molecule has 2 heterocycles. The number of rotatable bonds is 18. The number of anilines is 1. The van der Waals surface area contributed by atoms with Gasteiger partial charge in [0.25, 0.3) is 0 Å². The number of nitrogens with zero attached hydrogens (tertiary/aromatic N) is 2. The number of fused-ring (bicyclic) bond motifs is 2. The molecule has 0 radical (unpaired) electrons. The number of benzene rings is 3. The quantitative estimate of drug-likeness (QED) is 0.117. The third kappa shape index (κ3) is 11.0. The second-order valence-corrected chi connectivity index (χ2v) is 14.8. The Morgan fingerprint density at radius 1 is 0.881 bits per heavy atom. The van der Waals surface area contributed by atoms with Crippen LogP contribution in [0, 0.1) is 6.92 Å². The molecule has 0 saturated heterocycles. The predicted octanol–water partition coefficient (Wildman–Crippen LogP) is 2.39. The number of carbonyl (C=O) groups excluding carboxylic acids is 6. The number of aldehydes is 1. The van der Waals surface area contributed by atoms with E-state index in [0.29, 0.717) is 24.0 Å². The lowest BCUT2D eigenvalue weighted by atomic mass is 9.89. The molecule has 3 aromatic rings. The Labute approximate surface area is 341 Å². The summed E-state index contributed by atoms with van der Waals surface area (Å²) < 4.78 is 6.16. The van der Waals surface area contributed by atoms with Crippen molar-refractivity contribution in [3.05, 3.63) is 101 Å². The van der Waals surface area contributed by atoms with Crippen LogP contribution in [0.15, 0.2) is 72.8 Å². The molecule has 0 bridgehead atoms. The van der Waals surface area contributed by atoms with Crippen molar-refractivity contribution in [1.29, 1.82) is 0 Å². The van der Waals surface area contributed by atoms with E-state index in [2.05, 4.69) is 16.0 Å².